The normalized spacial score (nSPS) is 14.7. The maximum Gasteiger partial charge on any atom is 0.193 e. The van der Waals surface area contributed by atoms with Crippen molar-refractivity contribution in [2.75, 3.05) is 5.88 Å². The van der Waals surface area contributed by atoms with Crippen molar-refractivity contribution in [1.82, 2.24) is 0 Å². The van der Waals surface area contributed by atoms with Gasteiger partial charge in [-0.05, 0) is 24.0 Å². The lowest BCUT2D eigenvalue weighted by Gasteiger charge is -2.31. The standard InChI is InChI=1S/C21H19ClO/c1-2-15(9-7-8-14-22)20-16-10-3-5-12-18(16)21(23)19-13-6-4-11-17(19)20/h1,3-6,10-13,15,20H,7-9,14H2/t15-/m1/s1. The third-order valence-corrected chi connectivity index (χ3v) is 4.86. The van der Waals surface area contributed by atoms with E-state index in [-0.39, 0.29) is 17.6 Å². The van der Waals surface area contributed by atoms with Gasteiger partial charge in [-0.15, -0.1) is 23.9 Å². The molecule has 1 aliphatic carbocycles. The molecule has 0 amide bonds. The second-order valence-corrected chi connectivity index (χ2v) is 6.32. The van der Waals surface area contributed by atoms with Gasteiger partial charge in [-0.3, -0.25) is 4.79 Å². The number of rotatable bonds is 5. The van der Waals surface area contributed by atoms with Crippen LogP contribution in [-0.2, 0) is 0 Å². The zero-order valence-electron chi connectivity index (χ0n) is 13.0. The maximum atomic E-state index is 12.8. The van der Waals surface area contributed by atoms with Crippen LogP contribution in [0.2, 0.25) is 0 Å². The van der Waals surface area contributed by atoms with Crippen LogP contribution in [0.3, 0.4) is 0 Å². The Kier molecular flexibility index (Phi) is 4.84. The monoisotopic (exact) mass is 322 g/mol. The zero-order chi connectivity index (χ0) is 16.2. The highest BCUT2D eigenvalue weighted by Crippen LogP contribution is 2.42. The molecule has 0 unspecified atom stereocenters. The van der Waals surface area contributed by atoms with E-state index in [1.165, 1.54) is 0 Å². The molecular weight excluding hydrogens is 304 g/mol. The van der Waals surface area contributed by atoms with E-state index in [1.807, 2.05) is 48.5 Å². The van der Waals surface area contributed by atoms with Crippen molar-refractivity contribution < 1.29 is 4.79 Å². The van der Waals surface area contributed by atoms with Gasteiger partial charge < -0.3 is 0 Å². The molecule has 0 aromatic heterocycles. The minimum atomic E-state index is 0.0774. The number of alkyl halides is 1. The van der Waals surface area contributed by atoms with Crippen molar-refractivity contribution in [3.05, 3.63) is 70.8 Å². The second kappa shape index (κ2) is 7.02. The summed E-state index contributed by atoms with van der Waals surface area (Å²) in [5, 5.41) is 0. The molecule has 2 aromatic carbocycles. The van der Waals surface area contributed by atoms with Gasteiger partial charge in [0.2, 0.25) is 0 Å². The number of halogens is 1. The van der Waals surface area contributed by atoms with Crippen LogP contribution in [0.25, 0.3) is 0 Å². The number of hydrogen-bond acceptors (Lipinski definition) is 1. The minimum absolute atomic E-state index is 0.0774. The number of unbranched alkanes of at least 4 members (excludes halogenated alkanes) is 1. The van der Waals surface area contributed by atoms with Crippen molar-refractivity contribution in [2.45, 2.75) is 25.2 Å². The largest absolute Gasteiger partial charge is 0.289 e. The number of ketones is 1. The van der Waals surface area contributed by atoms with E-state index in [1.54, 1.807) is 0 Å². The number of carbonyl (C=O) groups excluding carboxylic acids is 1. The summed E-state index contributed by atoms with van der Waals surface area (Å²) in [4.78, 5) is 12.8. The lowest BCUT2D eigenvalue weighted by Crippen LogP contribution is -2.24. The molecule has 0 heterocycles. The van der Waals surface area contributed by atoms with Crippen LogP contribution in [0.4, 0.5) is 0 Å². The van der Waals surface area contributed by atoms with E-state index in [0.29, 0.717) is 5.88 Å². The average Bonchev–Trinajstić information content (AvgIpc) is 2.60. The van der Waals surface area contributed by atoms with Gasteiger partial charge in [-0.25, -0.2) is 0 Å². The van der Waals surface area contributed by atoms with Gasteiger partial charge in [-0.1, -0.05) is 55.0 Å². The molecule has 1 aliphatic rings. The van der Waals surface area contributed by atoms with E-state index < -0.39 is 0 Å². The fraction of sp³-hybridized carbons (Fsp3) is 0.286. The van der Waals surface area contributed by atoms with Crippen LogP contribution in [-0.4, -0.2) is 11.7 Å². The van der Waals surface area contributed by atoms with Crippen molar-refractivity contribution in [1.29, 1.82) is 0 Å². The summed E-state index contributed by atoms with van der Waals surface area (Å²) >= 11 is 5.80. The molecular formula is C21H19ClO. The topological polar surface area (TPSA) is 17.1 Å². The van der Waals surface area contributed by atoms with E-state index in [0.717, 1.165) is 41.5 Å². The van der Waals surface area contributed by atoms with E-state index in [2.05, 4.69) is 5.92 Å². The quantitative estimate of drug-likeness (QED) is 0.429. The summed E-state index contributed by atoms with van der Waals surface area (Å²) in [6.07, 6.45) is 8.76. The van der Waals surface area contributed by atoms with Gasteiger partial charge in [0.05, 0.1) is 0 Å². The third kappa shape index (κ3) is 2.92. The molecule has 1 nitrogen and oxygen atoms in total. The Morgan fingerprint density at radius 3 is 2.09 bits per heavy atom. The van der Waals surface area contributed by atoms with Crippen LogP contribution in [0.1, 0.15) is 52.2 Å². The van der Waals surface area contributed by atoms with E-state index >= 15 is 0 Å². The fourth-order valence-electron chi connectivity index (χ4n) is 3.50. The van der Waals surface area contributed by atoms with E-state index in [9.17, 15) is 4.79 Å². The van der Waals surface area contributed by atoms with Gasteiger partial charge in [0.15, 0.2) is 5.78 Å². The van der Waals surface area contributed by atoms with Gasteiger partial charge in [0.1, 0.15) is 0 Å². The van der Waals surface area contributed by atoms with Crippen LogP contribution in [0.15, 0.2) is 48.5 Å². The number of carbonyl (C=O) groups is 1. The molecule has 3 rings (SSSR count). The predicted octanol–water partition coefficient (Wildman–Crippen LogP) is 5.02. The number of hydrogen-bond donors (Lipinski definition) is 0. The molecule has 0 spiro atoms. The Morgan fingerprint density at radius 1 is 1.00 bits per heavy atom. The molecule has 1 atom stereocenters. The van der Waals surface area contributed by atoms with E-state index in [4.69, 9.17) is 18.0 Å². The first-order valence-electron chi connectivity index (χ1n) is 8.02. The van der Waals surface area contributed by atoms with Gasteiger partial charge >= 0.3 is 0 Å². The molecule has 0 saturated carbocycles. The van der Waals surface area contributed by atoms with Crippen LogP contribution in [0.5, 0.6) is 0 Å². The highest BCUT2D eigenvalue weighted by Gasteiger charge is 2.34. The molecule has 23 heavy (non-hydrogen) atoms. The summed E-state index contributed by atoms with van der Waals surface area (Å²) in [5.41, 5.74) is 3.69. The molecule has 0 fully saturated rings. The van der Waals surface area contributed by atoms with Gasteiger partial charge in [-0.2, -0.15) is 0 Å². The first kappa shape index (κ1) is 15.8. The molecule has 0 N–H and O–H groups in total. The van der Waals surface area contributed by atoms with Crippen LogP contribution < -0.4 is 0 Å². The van der Waals surface area contributed by atoms with Crippen molar-refractivity contribution in [3.63, 3.8) is 0 Å². The van der Waals surface area contributed by atoms with Crippen molar-refractivity contribution in [3.8, 4) is 12.3 Å². The Labute approximate surface area is 142 Å². The summed E-state index contributed by atoms with van der Waals surface area (Å²) in [6, 6.07) is 15.7. The summed E-state index contributed by atoms with van der Waals surface area (Å²) in [6.45, 7) is 0. The molecule has 0 bridgehead atoms. The molecule has 116 valence electrons. The summed E-state index contributed by atoms with van der Waals surface area (Å²) in [7, 11) is 0. The Hall–Kier alpha value is -2.04. The second-order valence-electron chi connectivity index (χ2n) is 5.94. The lowest BCUT2D eigenvalue weighted by atomic mass is 9.71. The first-order chi connectivity index (χ1) is 11.3. The highest BCUT2D eigenvalue weighted by molar-refractivity contribution is 6.17. The molecule has 0 aliphatic heterocycles. The van der Waals surface area contributed by atoms with Crippen LogP contribution in [0, 0.1) is 18.3 Å². The average molecular weight is 323 g/mol. The Balaban J connectivity index is 2.07. The predicted molar refractivity (Wildman–Crippen MR) is 95.1 cm³/mol. The van der Waals surface area contributed by atoms with Gasteiger partial charge in [0, 0.05) is 28.8 Å². The number of benzene rings is 2. The fourth-order valence-corrected chi connectivity index (χ4v) is 3.69. The molecule has 2 heteroatoms. The first-order valence-corrected chi connectivity index (χ1v) is 8.56. The number of fused-ring (bicyclic) bond motifs is 2. The van der Waals surface area contributed by atoms with Crippen molar-refractivity contribution in [2.24, 2.45) is 5.92 Å². The SMILES string of the molecule is C#C[C@H](CCCCCl)C1c2ccccc2C(=O)c2ccccc21. The van der Waals surface area contributed by atoms with Crippen molar-refractivity contribution >= 4 is 17.4 Å². The third-order valence-electron chi connectivity index (χ3n) is 4.60. The molecule has 2 aromatic rings. The smallest absolute Gasteiger partial charge is 0.193 e. The summed E-state index contributed by atoms with van der Waals surface area (Å²) < 4.78 is 0. The Morgan fingerprint density at radius 2 is 1.57 bits per heavy atom. The number of terminal acetylenes is 1. The lowest BCUT2D eigenvalue weighted by molar-refractivity contribution is 0.103. The molecule has 0 saturated heterocycles. The minimum Gasteiger partial charge on any atom is -0.289 e. The Bertz CT molecular complexity index is 707. The zero-order valence-corrected chi connectivity index (χ0v) is 13.7. The van der Waals surface area contributed by atoms with Crippen LogP contribution >= 0.6 is 11.6 Å². The molecule has 0 radical (unpaired) electrons. The van der Waals surface area contributed by atoms with Gasteiger partial charge in [0.25, 0.3) is 0 Å². The highest BCUT2D eigenvalue weighted by atomic mass is 35.5. The maximum absolute atomic E-state index is 12.8. The summed E-state index contributed by atoms with van der Waals surface area (Å²) in [5.74, 6) is 3.90.